The van der Waals surface area contributed by atoms with E-state index < -0.39 is 0 Å². The second kappa shape index (κ2) is 7.89. The Kier molecular flexibility index (Phi) is 5.37. The highest BCUT2D eigenvalue weighted by molar-refractivity contribution is 9.09. The van der Waals surface area contributed by atoms with Crippen molar-refractivity contribution in [3.05, 3.63) is 59.2 Å². The zero-order valence-corrected chi connectivity index (χ0v) is 20.0. The predicted molar refractivity (Wildman–Crippen MR) is 129 cm³/mol. The number of fused-ring (bicyclic) bond motifs is 5. The summed E-state index contributed by atoms with van der Waals surface area (Å²) in [5, 5.41) is 4.00. The van der Waals surface area contributed by atoms with Gasteiger partial charge in [0.05, 0.1) is 7.11 Å². The third-order valence-electron chi connectivity index (χ3n) is 8.64. The molecule has 0 bridgehead atoms. The molecule has 0 amide bonds. The fraction of sp³-hybridized carbons (Fsp3) is 0.556. The lowest BCUT2D eigenvalue weighted by Crippen LogP contribution is -2.55. The van der Waals surface area contributed by atoms with E-state index in [9.17, 15) is 0 Å². The molecule has 30 heavy (non-hydrogen) atoms. The summed E-state index contributed by atoms with van der Waals surface area (Å²) in [6.07, 6.45) is 7.68. The lowest BCUT2D eigenvalue weighted by atomic mass is 9.49. The van der Waals surface area contributed by atoms with Gasteiger partial charge < -0.3 is 10.1 Å². The molecule has 0 spiro atoms. The molecule has 1 N–H and O–H groups in total. The number of hydrogen-bond acceptors (Lipinski definition) is 2. The fourth-order valence-electron chi connectivity index (χ4n) is 6.95. The number of methoxy groups -OCH3 is 1. The van der Waals surface area contributed by atoms with E-state index in [1.54, 1.807) is 12.7 Å². The Bertz CT molecular complexity index is 927. The lowest BCUT2D eigenvalue weighted by molar-refractivity contribution is -0.0109. The number of hydrogen-bond donors (Lipinski definition) is 1. The molecule has 3 heteroatoms. The van der Waals surface area contributed by atoms with Crippen molar-refractivity contribution in [3.63, 3.8) is 0 Å². The first-order valence-corrected chi connectivity index (χ1v) is 12.5. The van der Waals surface area contributed by atoms with Gasteiger partial charge in [0.2, 0.25) is 0 Å². The van der Waals surface area contributed by atoms with Crippen LogP contribution in [0.4, 0.5) is 5.69 Å². The smallest absolute Gasteiger partial charge is 0.119 e. The molecule has 5 rings (SSSR count). The van der Waals surface area contributed by atoms with Gasteiger partial charge >= 0.3 is 0 Å². The Hall–Kier alpha value is -1.48. The van der Waals surface area contributed by atoms with Crippen LogP contribution < -0.4 is 10.1 Å². The van der Waals surface area contributed by atoms with Crippen molar-refractivity contribution >= 4 is 21.6 Å². The van der Waals surface area contributed by atoms with Gasteiger partial charge in [-0.1, -0.05) is 47.1 Å². The van der Waals surface area contributed by atoms with Gasteiger partial charge in [0, 0.05) is 16.6 Å². The number of rotatable bonds is 3. The summed E-state index contributed by atoms with van der Waals surface area (Å²) >= 11 is 4.06. The summed E-state index contributed by atoms with van der Waals surface area (Å²) in [6, 6.07) is 16.1. The van der Waals surface area contributed by atoms with Gasteiger partial charge in [-0.25, -0.2) is 0 Å². The highest BCUT2D eigenvalue weighted by atomic mass is 79.9. The fourth-order valence-corrected chi connectivity index (χ4v) is 7.73. The van der Waals surface area contributed by atoms with Crippen LogP contribution in [0, 0.1) is 24.2 Å². The summed E-state index contributed by atoms with van der Waals surface area (Å²) in [7, 11) is 1.78. The Morgan fingerprint density at radius 3 is 2.73 bits per heavy atom. The Labute approximate surface area is 189 Å². The van der Waals surface area contributed by atoms with Crippen molar-refractivity contribution in [3.8, 4) is 5.75 Å². The Morgan fingerprint density at radius 2 is 1.93 bits per heavy atom. The van der Waals surface area contributed by atoms with Crippen molar-refractivity contribution in [2.24, 2.45) is 17.3 Å². The van der Waals surface area contributed by atoms with Crippen molar-refractivity contribution in [1.29, 1.82) is 0 Å². The first-order valence-electron chi connectivity index (χ1n) is 11.6. The molecule has 0 aliphatic heterocycles. The lowest BCUT2D eigenvalue weighted by Gasteiger charge is -2.58. The second-order valence-electron chi connectivity index (χ2n) is 10.1. The maximum Gasteiger partial charge on any atom is 0.119 e. The van der Waals surface area contributed by atoms with E-state index >= 15 is 0 Å². The molecule has 3 aliphatic carbocycles. The molecule has 0 unspecified atom stereocenters. The zero-order valence-electron chi connectivity index (χ0n) is 18.5. The van der Waals surface area contributed by atoms with E-state index in [-0.39, 0.29) is 0 Å². The van der Waals surface area contributed by atoms with Gasteiger partial charge in [-0.05, 0) is 104 Å². The van der Waals surface area contributed by atoms with E-state index in [0.29, 0.717) is 16.3 Å². The van der Waals surface area contributed by atoms with Crippen LogP contribution >= 0.6 is 15.9 Å². The molecule has 0 heterocycles. The molecule has 160 valence electrons. The minimum atomic E-state index is 0.359. The maximum absolute atomic E-state index is 5.50. The van der Waals surface area contributed by atoms with Gasteiger partial charge in [-0.2, -0.15) is 0 Å². The Morgan fingerprint density at radius 1 is 1.10 bits per heavy atom. The molecule has 2 aromatic rings. The normalized spacial score (nSPS) is 35.0. The van der Waals surface area contributed by atoms with E-state index in [4.69, 9.17) is 4.74 Å². The summed E-state index contributed by atoms with van der Waals surface area (Å²) < 4.78 is 5.50. The van der Waals surface area contributed by atoms with E-state index in [1.807, 2.05) is 0 Å². The molecular formula is C27H34BrNO. The number of para-hydroxylation sites is 1. The van der Waals surface area contributed by atoms with Crippen molar-refractivity contribution in [2.75, 3.05) is 12.4 Å². The molecular weight excluding hydrogens is 434 g/mol. The number of aryl methyl sites for hydroxylation is 2. The Balaban J connectivity index is 1.45. The molecule has 0 aromatic heterocycles. The maximum atomic E-state index is 5.50. The SMILES string of the molecule is COc1ccc2c(c1)CC[C@@H]1[C@@H]2CC[C@]2(C)[C@@H](Nc3ccccc3C)C[C@@H](Br)C[C@@H]12. The highest BCUT2D eigenvalue weighted by Gasteiger charge is 2.54. The van der Waals surface area contributed by atoms with Crippen molar-refractivity contribution in [1.82, 2.24) is 0 Å². The largest absolute Gasteiger partial charge is 0.497 e. The topological polar surface area (TPSA) is 21.3 Å². The zero-order chi connectivity index (χ0) is 20.9. The average molecular weight is 468 g/mol. The molecule has 6 atom stereocenters. The van der Waals surface area contributed by atoms with Gasteiger partial charge in [0.25, 0.3) is 0 Å². The minimum Gasteiger partial charge on any atom is -0.497 e. The van der Waals surface area contributed by atoms with Gasteiger partial charge in [-0.15, -0.1) is 0 Å². The third kappa shape index (κ3) is 3.38. The molecule has 2 aromatic carbocycles. The van der Waals surface area contributed by atoms with Crippen LogP contribution in [0.2, 0.25) is 0 Å². The van der Waals surface area contributed by atoms with Crippen LogP contribution in [0.1, 0.15) is 61.6 Å². The minimum absolute atomic E-state index is 0.359. The van der Waals surface area contributed by atoms with E-state index in [2.05, 4.69) is 77.6 Å². The summed E-state index contributed by atoms with van der Waals surface area (Å²) in [6.45, 7) is 4.81. The predicted octanol–water partition coefficient (Wildman–Crippen LogP) is 7.10. The van der Waals surface area contributed by atoms with E-state index in [0.717, 1.165) is 23.5 Å². The second-order valence-corrected chi connectivity index (χ2v) is 11.4. The molecule has 0 radical (unpaired) electrons. The molecule has 2 saturated carbocycles. The average Bonchev–Trinajstić information content (AvgIpc) is 2.75. The third-order valence-corrected chi connectivity index (χ3v) is 9.39. The summed E-state index contributed by atoms with van der Waals surface area (Å²) in [4.78, 5) is 0.605. The molecule has 0 saturated heterocycles. The first-order chi connectivity index (χ1) is 14.5. The van der Waals surface area contributed by atoms with E-state index in [1.165, 1.54) is 55.3 Å². The number of halogens is 1. The van der Waals surface area contributed by atoms with Crippen LogP contribution in [0.25, 0.3) is 0 Å². The van der Waals surface area contributed by atoms with Crippen LogP contribution in [-0.2, 0) is 6.42 Å². The quantitative estimate of drug-likeness (QED) is 0.485. The van der Waals surface area contributed by atoms with Gasteiger partial charge in [-0.3, -0.25) is 0 Å². The monoisotopic (exact) mass is 467 g/mol. The highest BCUT2D eigenvalue weighted by Crippen LogP contribution is 2.60. The number of ether oxygens (including phenoxy) is 1. The van der Waals surface area contributed by atoms with Crippen molar-refractivity contribution < 1.29 is 4.74 Å². The number of nitrogens with one attached hydrogen (secondary N) is 1. The molecule has 3 aliphatic rings. The summed E-state index contributed by atoms with van der Waals surface area (Å²) in [5.41, 5.74) is 6.16. The molecule has 2 nitrogen and oxygen atoms in total. The van der Waals surface area contributed by atoms with Gasteiger partial charge in [0.15, 0.2) is 0 Å². The van der Waals surface area contributed by atoms with Crippen molar-refractivity contribution in [2.45, 2.75) is 69.2 Å². The summed E-state index contributed by atoms with van der Waals surface area (Å²) in [5.74, 6) is 3.29. The molecule has 2 fully saturated rings. The van der Waals surface area contributed by atoms with Crippen LogP contribution in [-0.4, -0.2) is 18.0 Å². The first kappa shape index (κ1) is 20.4. The number of alkyl halides is 1. The number of anilines is 1. The van der Waals surface area contributed by atoms with Crippen LogP contribution in [0.3, 0.4) is 0 Å². The van der Waals surface area contributed by atoms with Gasteiger partial charge in [0.1, 0.15) is 5.75 Å². The van der Waals surface area contributed by atoms with Crippen LogP contribution in [0.15, 0.2) is 42.5 Å². The van der Waals surface area contributed by atoms with Crippen LogP contribution in [0.5, 0.6) is 5.75 Å². The standard InChI is InChI=1S/C27H34BrNO/c1-17-6-4-5-7-25(17)29-26-16-19(28)15-24-23-10-8-18-14-20(30-3)9-11-21(18)22(23)12-13-27(24,26)2/h4-7,9,11,14,19,22-24,26,29H,8,10,12-13,15-16H2,1-3H3/t19-,22+,23+,24-,26-,27-/m0/s1. The number of benzene rings is 2.